The molecule has 0 atom stereocenters. The normalized spacial score (nSPS) is 15.9. The second-order valence-electron chi connectivity index (χ2n) is 5.38. The maximum Gasteiger partial charge on any atom is 0.270 e. The van der Waals surface area contributed by atoms with Gasteiger partial charge in [-0.05, 0) is 31.9 Å². The van der Waals surface area contributed by atoms with Gasteiger partial charge in [0.15, 0.2) is 0 Å². The number of benzene rings is 1. The molecule has 5 nitrogen and oxygen atoms in total. The minimum Gasteiger partial charge on any atom is -0.357 e. The van der Waals surface area contributed by atoms with E-state index >= 15 is 0 Å². The van der Waals surface area contributed by atoms with E-state index in [2.05, 4.69) is 23.7 Å². The second-order valence-corrected chi connectivity index (χ2v) is 5.38. The van der Waals surface area contributed by atoms with Crippen LogP contribution in [0.5, 0.6) is 0 Å². The van der Waals surface area contributed by atoms with Crippen LogP contribution in [0.4, 0.5) is 5.69 Å². The van der Waals surface area contributed by atoms with Crippen molar-refractivity contribution in [2.24, 2.45) is 0 Å². The van der Waals surface area contributed by atoms with Crippen LogP contribution in [0, 0.1) is 10.1 Å². The summed E-state index contributed by atoms with van der Waals surface area (Å²) in [6, 6.07) is 5.58. The summed E-state index contributed by atoms with van der Waals surface area (Å²) in [5.74, 6) is 0. The van der Waals surface area contributed by atoms with Gasteiger partial charge in [0.2, 0.25) is 0 Å². The summed E-state index contributed by atoms with van der Waals surface area (Å²) in [6.45, 7) is 6.30. The molecule has 1 aliphatic rings. The minimum absolute atomic E-state index is 0.167. The molecule has 0 bridgehead atoms. The van der Waals surface area contributed by atoms with E-state index in [9.17, 15) is 10.1 Å². The Hall–Kier alpha value is -1.88. The second kappa shape index (κ2) is 4.35. The molecule has 1 aliphatic heterocycles. The van der Waals surface area contributed by atoms with E-state index < -0.39 is 0 Å². The summed E-state index contributed by atoms with van der Waals surface area (Å²) in [6.07, 6.45) is 0.953. The van der Waals surface area contributed by atoms with Crippen molar-refractivity contribution in [2.75, 3.05) is 6.54 Å². The van der Waals surface area contributed by atoms with Crippen LogP contribution in [0.1, 0.15) is 25.1 Å². The lowest BCUT2D eigenvalue weighted by atomic mass is 10.0. The van der Waals surface area contributed by atoms with Gasteiger partial charge in [0.05, 0.1) is 4.92 Å². The molecule has 0 unspecified atom stereocenters. The zero-order chi connectivity index (χ0) is 13.6. The van der Waals surface area contributed by atoms with Crippen LogP contribution in [0.2, 0.25) is 0 Å². The molecule has 3 rings (SSSR count). The molecular weight excluding hydrogens is 242 g/mol. The molecule has 0 saturated heterocycles. The molecule has 1 N–H and O–H groups in total. The van der Waals surface area contributed by atoms with Gasteiger partial charge in [-0.25, -0.2) is 0 Å². The highest BCUT2D eigenvalue weighted by Crippen LogP contribution is 2.30. The van der Waals surface area contributed by atoms with Crippen LogP contribution in [0.25, 0.3) is 10.9 Å². The number of nitrogens with one attached hydrogen (secondary N) is 1. The molecule has 5 heteroatoms. The predicted molar refractivity (Wildman–Crippen MR) is 74.2 cm³/mol. The number of nitro groups is 1. The molecule has 0 amide bonds. The van der Waals surface area contributed by atoms with E-state index in [-0.39, 0.29) is 10.6 Å². The fraction of sp³-hybridized carbons (Fsp3) is 0.429. The molecule has 0 aliphatic carbocycles. The molecule has 0 spiro atoms. The van der Waals surface area contributed by atoms with Crippen molar-refractivity contribution in [3.8, 4) is 0 Å². The lowest BCUT2D eigenvalue weighted by Crippen LogP contribution is -2.35. The van der Waals surface area contributed by atoms with E-state index in [1.165, 1.54) is 11.3 Å². The molecule has 0 saturated carbocycles. The van der Waals surface area contributed by atoms with Crippen molar-refractivity contribution >= 4 is 16.6 Å². The van der Waals surface area contributed by atoms with Gasteiger partial charge in [-0.1, -0.05) is 0 Å². The van der Waals surface area contributed by atoms with Crippen LogP contribution in [0.15, 0.2) is 18.2 Å². The minimum atomic E-state index is -0.331. The Morgan fingerprint density at radius 3 is 2.89 bits per heavy atom. The summed E-state index contributed by atoms with van der Waals surface area (Å²) in [4.78, 5) is 16.3. The first-order valence-electron chi connectivity index (χ1n) is 6.58. The highest BCUT2D eigenvalue weighted by Gasteiger charge is 2.22. The van der Waals surface area contributed by atoms with Crippen molar-refractivity contribution in [1.82, 2.24) is 9.88 Å². The Bertz CT molecular complexity index is 645. The van der Waals surface area contributed by atoms with Gasteiger partial charge in [0.25, 0.3) is 5.69 Å². The average molecular weight is 259 g/mol. The van der Waals surface area contributed by atoms with Gasteiger partial charge in [-0.2, -0.15) is 0 Å². The first kappa shape index (κ1) is 12.2. The Morgan fingerprint density at radius 1 is 1.42 bits per heavy atom. The number of nitrogens with zero attached hydrogens (tertiary/aromatic N) is 2. The highest BCUT2D eigenvalue weighted by molar-refractivity contribution is 5.87. The standard InChI is InChI=1S/C14H17N3O2/c1-9(2)16-6-5-11-12-7-10(17(18)19)3-4-13(12)15-14(11)8-16/h3-4,7,9,15H,5-6,8H2,1-2H3. The maximum absolute atomic E-state index is 10.9. The number of nitro benzene ring substituents is 1. The Labute approximate surface area is 111 Å². The topological polar surface area (TPSA) is 62.2 Å². The zero-order valence-corrected chi connectivity index (χ0v) is 11.1. The SMILES string of the molecule is CC(C)N1CCc2c([nH]c3ccc([N+](=O)[O-])cc23)C1. The first-order chi connectivity index (χ1) is 9.06. The molecule has 0 radical (unpaired) electrons. The van der Waals surface area contributed by atoms with Crippen molar-refractivity contribution in [3.05, 3.63) is 39.6 Å². The largest absolute Gasteiger partial charge is 0.357 e. The lowest BCUT2D eigenvalue weighted by molar-refractivity contribution is -0.384. The predicted octanol–water partition coefficient (Wildman–Crippen LogP) is 2.84. The molecule has 2 aromatic rings. The lowest BCUT2D eigenvalue weighted by Gasteiger charge is -2.30. The van der Waals surface area contributed by atoms with Crippen LogP contribution in [0.3, 0.4) is 0 Å². The Kier molecular flexibility index (Phi) is 2.78. The first-order valence-corrected chi connectivity index (χ1v) is 6.58. The van der Waals surface area contributed by atoms with E-state index in [4.69, 9.17) is 0 Å². The molecule has 19 heavy (non-hydrogen) atoms. The number of aromatic nitrogens is 1. The number of rotatable bonds is 2. The van der Waals surface area contributed by atoms with Crippen LogP contribution < -0.4 is 0 Å². The van der Waals surface area contributed by atoms with Crippen LogP contribution in [-0.2, 0) is 13.0 Å². The molecule has 0 fully saturated rings. The van der Waals surface area contributed by atoms with Crippen molar-refractivity contribution in [3.63, 3.8) is 0 Å². The average Bonchev–Trinajstić information content (AvgIpc) is 2.74. The zero-order valence-electron chi connectivity index (χ0n) is 11.1. The molecule has 1 aromatic heterocycles. The van der Waals surface area contributed by atoms with Crippen molar-refractivity contribution in [2.45, 2.75) is 32.9 Å². The van der Waals surface area contributed by atoms with Crippen LogP contribution >= 0.6 is 0 Å². The van der Waals surface area contributed by atoms with E-state index in [1.807, 2.05) is 6.07 Å². The summed E-state index contributed by atoms with van der Waals surface area (Å²) in [7, 11) is 0. The highest BCUT2D eigenvalue weighted by atomic mass is 16.6. The Balaban J connectivity index is 2.07. The van der Waals surface area contributed by atoms with Crippen molar-refractivity contribution in [1.29, 1.82) is 0 Å². The molecule has 1 aromatic carbocycles. The summed E-state index contributed by atoms with van der Waals surface area (Å²) < 4.78 is 0. The van der Waals surface area contributed by atoms with Crippen molar-refractivity contribution < 1.29 is 4.92 Å². The number of fused-ring (bicyclic) bond motifs is 3. The number of hydrogen-bond donors (Lipinski definition) is 1. The molecular formula is C14H17N3O2. The summed E-state index contributed by atoms with van der Waals surface area (Å²) in [5, 5.41) is 11.9. The van der Waals surface area contributed by atoms with Gasteiger partial charge in [-0.15, -0.1) is 0 Å². The van der Waals surface area contributed by atoms with E-state index in [1.54, 1.807) is 12.1 Å². The summed E-state index contributed by atoms with van der Waals surface area (Å²) in [5.41, 5.74) is 3.62. The molecule has 2 heterocycles. The number of H-pyrrole nitrogens is 1. The number of hydrogen-bond acceptors (Lipinski definition) is 3. The Morgan fingerprint density at radius 2 is 2.21 bits per heavy atom. The van der Waals surface area contributed by atoms with E-state index in [0.717, 1.165) is 30.4 Å². The van der Waals surface area contributed by atoms with Gasteiger partial charge >= 0.3 is 0 Å². The number of aromatic amines is 1. The summed E-state index contributed by atoms with van der Waals surface area (Å²) >= 11 is 0. The number of non-ortho nitro benzene ring substituents is 1. The van der Waals surface area contributed by atoms with Gasteiger partial charge in [0.1, 0.15) is 0 Å². The maximum atomic E-state index is 10.9. The van der Waals surface area contributed by atoms with E-state index in [0.29, 0.717) is 6.04 Å². The van der Waals surface area contributed by atoms with Gasteiger partial charge in [-0.3, -0.25) is 15.0 Å². The quantitative estimate of drug-likeness (QED) is 0.666. The molecule has 100 valence electrons. The van der Waals surface area contributed by atoms with Crippen LogP contribution in [-0.4, -0.2) is 27.4 Å². The fourth-order valence-electron chi connectivity index (χ4n) is 2.80. The van der Waals surface area contributed by atoms with Gasteiger partial charge < -0.3 is 4.98 Å². The third-order valence-corrected chi connectivity index (χ3v) is 3.93. The monoisotopic (exact) mass is 259 g/mol. The third-order valence-electron chi connectivity index (χ3n) is 3.93. The smallest absolute Gasteiger partial charge is 0.270 e. The van der Waals surface area contributed by atoms with Gasteiger partial charge in [0, 0.05) is 47.9 Å². The fourth-order valence-corrected chi connectivity index (χ4v) is 2.80. The third kappa shape index (κ3) is 2.00.